The third-order valence-electron chi connectivity index (χ3n) is 2.15. The molecular weight excluding hydrogens is 205 g/mol. The maximum absolute atomic E-state index is 12.8. The van der Waals surface area contributed by atoms with E-state index in [0.29, 0.717) is 11.3 Å². The highest BCUT2D eigenvalue weighted by atomic mass is 19.1. The van der Waals surface area contributed by atoms with Crippen LogP contribution in [0.3, 0.4) is 0 Å². The van der Waals surface area contributed by atoms with E-state index in [1.54, 1.807) is 6.07 Å². The third-order valence-corrected chi connectivity index (χ3v) is 2.15. The second-order valence-corrected chi connectivity index (χ2v) is 3.48. The lowest BCUT2D eigenvalue weighted by Crippen LogP contribution is -2.22. The Morgan fingerprint density at radius 3 is 2.81 bits per heavy atom. The number of nitrogens with zero attached hydrogens (tertiary/aromatic N) is 1. The van der Waals surface area contributed by atoms with Gasteiger partial charge in [0.05, 0.1) is 11.3 Å². The number of benzene rings is 1. The van der Waals surface area contributed by atoms with Crippen molar-refractivity contribution in [3.8, 4) is 6.07 Å². The number of halogens is 1. The molecule has 0 atom stereocenters. The first-order chi connectivity index (χ1) is 7.77. The van der Waals surface area contributed by atoms with E-state index in [4.69, 9.17) is 5.26 Å². The molecule has 4 heteroatoms. The van der Waals surface area contributed by atoms with Gasteiger partial charge in [-0.15, -0.1) is 0 Å². The minimum absolute atomic E-state index is 0.343. The van der Waals surface area contributed by atoms with Gasteiger partial charge < -0.3 is 10.6 Å². The first-order valence-corrected chi connectivity index (χ1v) is 5.42. The highest BCUT2D eigenvalue weighted by Crippen LogP contribution is 2.15. The van der Waals surface area contributed by atoms with Crippen LogP contribution in [0.25, 0.3) is 0 Å². The quantitative estimate of drug-likeness (QED) is 0.723. The van der Waals surface area contributed by atoms with E-state index in [0.717, 1.165) is 26.1 Å². The summed E-state index contributed by atoms with van der Waals surface area (Å²) in [6, 6.07) is 6.14. The van der Waals surface area contributed by atoms with Crippen molar-refractivity contribution in [1.29, 1.82) is 5.26 Å². The number of hydrogen-bond acceptors (Lipinski definition) is 3. The molecule has 0 aromatic heterocycles. The first-order valence-electron chi connectivity index (χ1n) is 5.42. The Balaban J connectivity index is 2.45. The Hall–Kier alpha value is -1.60. The van der Waals surface area contributed by atoms with Crippen LogP contribution in [0.2, 0.25) is 0 Å². The van der Waals surface area contributed by atoms with Crippen molar-refractivity contribution in [3.05, 3.63) is 29.6 Å². The minimum atomic E-state index is -0.383. The molecule has 0 spiro atoms. The molecule has 0 saturated heterocycles. The van der Waals surface area contributed by atoms with E-state index in [9.17, 15) is 4.39 Å². The van der Waals surface area contributed by atoms with E-state index >= 15 is 0 Å². The van der Waals surface area contributed by atoms with Crippen molar-refractivity contribution in [2.24, 2.45) is 0 Å². The van der Waals surface area contributed by atoms with Crippen molar-refractivity contribution in [1.82, 2.24) is 5.32 Å². The Morgan fingerprint density at radius 1 is 1.31 bits per heavy atom. The fraction of sp³-hybridized carbons (Fsp3) is 0.417. The molecule has 0 unspecified atom stereocenters. The van der Waals surface area contributed by atoms with Gasteiger partial charge in [0.2, 0.25) is 0 Å². The fourth-order valence-electron chi connectivity index (χ4n) is 1.35. The second kappa shape index (κ2) is 6.81. The highest BCUT2D eigenvalue weighted by molar-refractivity contribution is 5.57. The van der Waals surface area contributed by atoms with Gasteiger partial charge in [0, 0.05) is 13.1 Å². The van der Waals surface area contributed by atoms with Crippen LogP contribution in [0.5, 0.6) is 0 Å². The zero-order valence-electron chi connectivity index (χ0n) is 9.39. The lowest BCUT2D eigenvalue weighted by Gasteiger charge is -2.08. The summed E-state index contributed by atoms with van der Waals surface area (Å²) in [6.07, 6.45) is 1.10. The molecule has 3 nitrogen and oxygen atoms in total. The van der Waals surface area contributed by atoms with Gasteiger partial charge in [-0.05, 0) is 31.2 Å². The van der Waals surface area contributed by atoms with Crippen molar-refractivity contribution in [3.63, 3.8) is 0 Å². The Bertz CT molecular complexity index is 371. The number of nitrogens with one attached hydrogen (secondary N) is 2. The highest BCUT2D eigenvalue weighted by Gasteiger charge is 2.02. The minimum Gasteiger partial charge on any atom is -0.383 e. The second-order valence-electron chi connectivity index (χ2n) is 3.48. The monoisotopic (exact) mass is 221 g/mol. The molecule has 0 heterocycles. The number of anilines is 1. The van der Waals surface area contributed by atoms with Crippen LogP contribution in [-0.4, -0.2) is 19.6 Å². The molecule has 0 aliphatic heterocycles. The van der Waals surface area contributed by atoms with Crippen LogP contribution >= 0.6 is 0 Å². The van der Waals surface area contributed by atoms with Gasteiger partial charge in [-0.25, -0.2) is 4.39 Å². The maximum atomic E-state index is 12.8. The normalized spacial score (nSPS) is 9.81. The predicted molar refractivity (Wildman–Crippen MR) is 62.8 cm³/mol. The van der Waals surface area contributed by atoms with E-state index in [1.807, 2.05) is 6.07 Å². The molecule has 16 heavy (non-hydrogen) atoms. The molecule has 0 saturated carbocycles. The lowest BCUT2D eigenvalue weighted by molar-refractivity contribution is 0.627. The van der Waals surface area contributed by atoms with Crippen LogP contribution < -0.4 is 10.6 Å². The lowest BCUT2D eigenvalue weighted by atomic mass is 10.2. The van der Waals surface area contributed by atoms with Gasteiger partial charge in [0.25, 0.3) is 0 Å². The van der Waals surface area contributed by atoms with E-state index in [1.165, 1.54) is 12.1 Å². The predicted octanol–water partition coefficient (Wildman–Crippen LogP) is 2.11. The van der Waals surface area contributed by atoms with Crippen LogP contribution in [0.1, 0.15) is 18.9 Å². The van der Waals surface area contributed by atoms with Gasteiger partial charge in [-0.1, -0.05) is 6.92 Å². The molecule has 0 amide bonds. The molecule has 0 bridgehead atoms. The number of hydrogen-bond donors (Lipinski definition) is 2. The molecule has 0 fully saturated rings. The Kier molecular flexibility index (Phi) is 5.30. The summed E-state index contributed by atoms with van der Waals surface area (Å²) in [5, 5.41) is 15.1. The van der Waals surface area contributed by atoms with E-state index < -0.39 is 0 Å². The largest absolute Gasteiger partial charge is 0.383 e. The van der Waals surface area contributed by atoms with Gasteiger partial charge in [-0.3, -0.25) is 0 Å². The topological polar surface area (TPSA) is 47.8 Å². The fourth-order valence-corrected chi connectivity index (χ4v) is 1.35. The zero-order chi connectivity index (χ0) is 11.8. The SMILES string of the molecule is CCCNCCNc1ccc(F)cc1C#N. The summed E-state index contributed by atoms with van der Waals surface area (Å²) in [7, 11) is 0. The average Bonchev–Trinajstić information content (AvgIpc) is 2.30. The summed E-state index contributed by atoms with van der Waals surface area (Å²) in [5.74, 6) is -0.383. The van der Waals surface area contributed by atoms with Gasteiger partial charge in [0.15, 0.2) is 0 Å². The van der Waals surface area contributed by atoms with Gasteiger partial charge in [0.1, 0.15) is 11.9 Å². The van der Waals surface area contributed by atoms with Gasteiger partial charge >= 0.3 is 0 Å². The average molecular weight is 221 g/mol. The molecule has 0 aliphatic rings. The van der Waals surface area contributed by atoms with Crippen LogP contribution in [0.4, 0.5) is 10.1 Å². The Labute approximate surface area is 95.3 Å². The molecule has 2 N–H and O–H groups in total. The van der Waals surface area contributed by atoms with Crippen molar-refractivity contribution in [2.75, 3.05) is 25.0 Å². The molecule has 1 aromatic carbocycles. The molecular formula is C12H16FN3. The number of rotatable bonds is 6. The first kappa shape index (κ1) is 12.5. The molecule has 86 valence electrons. The zero-order valence-corrected chi connectivity index (χ0v) is 9.39. The molecule has 0 radical (unpaired) electrons. The van der Waals surface area contributed by atoms with E-state index in [-0.39, 0.29) is 5.82 Å². The van der Waals surface area contributed by atoms with E-state index in [2.05, 4.69) is 17.6 Å². The molecule has 0 aliphatic carbocycles. The van der Waals surface area contributed by atoms with Crippen LogP contribution in [0, 0.1) is 17.1 Å². The summed E-state index contributed by atoms with van der Waals surface area (Å²) in [5.41, 5.74) is 1.03. The summed E-state index contributed by atoms with van der Waals surface area (Å²) < 4.78 is 12.8. The molecule has 1 rings (SSSR count). The Morgan fingerprint density at radius 2 is 2.12 bits per heavy atom. The maximum Gasteiger partial charge on any atom is 0.124 e. The summed E-state index contributed by atoms with van der Waals surface area (Å²) in [4.78, 5) is 0. The van der Waals surface area contributed by atoms with Crippen molar-refractivity contribution in [2.45, 2.75) is 13.3 Å². The standard InChI is InChI=1S/C12H16FN3/c1-2-5-15-6-7-16-12-4-3-11(13)8-10(12)9-14/h3-4,8,15-16H,2,5-7H2,1H3. The van der Waals surface area contributed by atoms with Crippen LogP contribution in [0.15, 0.2) is 18.2 Å². The number of nitriles is 1. The third kappa shape index (κ3) is 3.87. The van der Waals surface area contributed by atoms with Gasteiger partial charge in [-0.2, -0.15) is 5.26 Å². The van der Waals surface area contributed by atoms with Crippen molar-refractivity contribution >= 4 is 5.69 Å². The molecule has 1 aromatic rings. The summed E-state index contributed by atoms with van der Waals surface area (Å²) in [6.45, 7) is 4.64. The van der Waals surface area contributed by atoms with Crippen molar-refractivity contribution < 1.29 is 4.39 Å². The van der Waals surface area contributed by atoms with Crippen LogP contribution in [-0.2, 0) is 0 Å². The summed E-state index contributed by atoms with van der Waals surface area (Å²) >= 11 is 0. The smallest absolute Gasteiger partial charge is 0.124 e.